The Kier molecular flexibility index (Phi) is 2.36. The van der Waals surface area contributed by atoms with Crippen LogP contribution >= 0.6 is 12.4 Å². The van der Waals surface area contributed by atoms with E-state index in [0.29, 0.717) is 0 Å². The molecule has 0 aromatic rings. The standard InChI is InChI=1S/C7H13N.ClH/c1-2-6-4-7(3-1)8-5-6;/h6-8H,1-5H2;1H. The molecule has 1 saturated heterocycles. The number of rotatable bonds is 0. The van der Waals surface area contributed by atoms with Gasteiger partial charge >= 0.3 is 0 Å². The van der Waals surface area contributed by atoms with Crippen molar-refractivity contribution in [3.05, 3.63) is 0 Å². The van der Waals surface area contributed by atoms with Crippen molar-refractivity contribution in [3.8, 4) is 0 Å². The van der Waals surface area contributed by atoms with E-state index in [4.69, 9.17) is 0 Å². The first kappa shape index (κ1) is 7.36. The average molecular weight is 148 g/mol. The summed E-state index contributed by atoms with van der Waals surface area (Å²) in [5.41, 5.74) is 0. The van der Waals surface area contributed by atoms with Crippen LogP contribution in [0.15, 0.2) is 0 Å². The van der Waals surface area contributed by atoms with Crippen molar-refractivity contribution in [3.63, 3.8) is 0 Å². The molecule has 2 aliphatic rings. The molecular weight excluding hydrogens is 134 g/mol. The van der Waals surface area contributed by atoms with E-state index in [1.165, 1.54) is 32.2 Å². The number of hydrogen-bond donors (Lipinski definition) is 1. The van der Waals surface area contributed by atoms with Gasteiger partial charge < -0.3 is 5.32 Å². The second kappa shape index (κ2) is 2.89. The van der Waals surface area contributed by atoms with Gasteiger partial charge in [-0.25, -0.2) is 0 Å². The third-order valence-corrected chi connectivity index (χ3v) is 2.48. The first-order valence-corrected chi connectivity index (χ1v) is 3.68. The van der Waals surface area contributed by atoms with Crippen LogP contribution in [0.2, 0.25) is 0 Å². The maximum absolute atomic E-state index is 3.52. The lowest BCUT2D eigenvalue weighted by molar-refractivity contribution is 0.410. The molecule has 2 rings (SSSR count). The highest BCUT2D eigenvalue weighted by atomic mass is 35.5. The van der Waals surface area contributed by atoms with Crippen LogP contribution in [0.3, 0.4) is 0 Å². The highest BCUT2D eigenvalue weighted by molar-refractivity contribution is 5.85. The molecule has 0 radical (unpaired) electrons. The van der Waals surface area contributed by atoms with Gasteiger partial charge in [0.15, 0.2) is 0 Å². The number of fused-ring (bicyclic) bond motifs is 2. The zero-order chi connectivity index (χ0) is 5.40. The second-order valence-electron chi connectivity index (χ2n) is 3.14. The van der Waals surface area contributed by atoms with Crippen LogP contribution in [0.4, 0.5) is 0 Å². The second-order valence-corrected chi connectivity index (χ2v) is 3.14. The number of halogens is 1. The predicted molar refractivity (Wildman–Crippen MR) is 41.0 cm³/mol. The molecule has 1 nitrogen and oxygen atoms in total. The fraction of sp³-hybridized carbons (Fsp3) is 1.00. The third kappa shape index (κ3) is 1.39. The molecule has 1 saturated carbocycles. The molecule has 2 bridgehead atoms. The zero-order valence-electron chi connectivity index (χ0n) is 5.60. The minimum Gasteiger partial charge on any atom is -0.314 e. The van der Waals surface area contributed by atoms with E-state index in [-0.39, 0.29) is 12.4 Å². The summed E-state index contributed by atoms with van der Waals surface area (Å²) in [6, 6.07) is 0.911. The van der Waals surface area contributed by atoms with Gasteiger partial charge in [0.1, 0.15) is 0 Å². The molecule has 0 amide bonds. The fourth-order valence-electron chi connectivity index (χ4n) is 2.00. The Labute approximate surface area is 62.6 Å². The lowest BCUT2D eigenvalue weighted by Gasteiger charge is -2.15. The van der Waals surface area contributed by atoms with Crippen molar-refractivity contribution in [1.82, 2.24) is 5.32 Å². The van der Waals surface area contributed by atoms with Crippen LogP contribution in [-0.4, -0.2) is 12.6 Å². The van der Waals surface area contributed by atoms with E-state index < -0.39 is 0 Å². The van der Waals surface area contributed by atoms with Gasteiger partial charge in [0.05, 0.1) is 0 Å². The largest absolute Gasteiger partial charge is 0.314 e. The summed E-state index contributed by atoms with van der Waals surface area (Å²) in [6.45, 7) is 1.31. The van der Waals surface area contributed by atoms with E-state index in [0.717, 1.165) is 12.0 Å². The summed E-state index contributed by atoms with van der Waals surface area (Å²) in [4.78, 5) is 0. The van der Waals surface area contributed by atoms with Crippen LogP contribution in [0.25, 0.3) is 0 Å². The van der Waals surface area contributed by atoms with Crippen molar-refractivity contribution in [2.45, 2.75) is 31.7 Å². The minimum atomic E-state index is 0. The summed E-state index contributed by atoms with van der Waals surface area (Å²) in [6.07, 6.45) is 5.88. The molecule has 2 heteroatoms. The molecule has 0 spiro atoms. The summed E-state index contributed by atoms with van der Waals surface area (Å²) in [7, 11) is 0. The van der Waals surface area contributed by atoms with Crippen molar-refractivity contribution in [1.29, 1.82) is 0 Å². The highest BCUT2D eigenvalue weighted by Gasteiger charge is 2.27. The van der Waals surface area contributed by atoms with E-state index in [1.807, 2.05) is 0 Å². The Morgan fingerprint density at radius 2 is 2.11 bits per heavy atom. The Balaban J connectivity index is 0.000000405. The molecule has 1 aliphatic carbocycles. The number of hydrogen-bond acceptors (Lipinski definition) is 1. The Bertz CT molecular complexity index is 80.9. The molecule has 9 heavy (non-hydrogen) atoms. The van der Waals surface area contributed by atoms with Crippen molar-refractivity contribution < 1.29 is 0 Å². The summed E-state index contributed by atoms with van der Waals surface area (Å²) in [5.74, 6) is 1.05. The third-order valence-electron chi connectivity index (χ3n) is 2.48. The lowest BCUT2D eigenvalue weighted by Crippen LogP contribution is -2.20. The van der Waals surface area contributed by atoms with Gasteiger partial charge in [0, 0.05) is 6.04 Å². The fourth-order valence-corrected chi connectivity index (χ4v) is 2.00. The normalized spacial score (nSPS) is 40.0. The number of nitrogens with one attached hydrogen (secondary N) is 1. The smallest absolute Gasteiger partial charge is 0.00702 e. The summed E-state index contributed by atoms with van der Waals surface area (Å²) >= 11 is 0. The molecule has 1 aliphatic heterocycles. The topological polar surface area (TPSA) is 12.0 Å². The molecular formula is C7H14ClN. The maximum Gasteiger partial charge on any atom is 0.00702 e. The first-order valence-electron chi connectivity index (χ1n) is 3.68. The molecule has 54 valence electrons. The predicted octanol–water partition coefficient (Wildman–Crippen LogP) is 1.57. The molecule has 1 N–H and O–H groups in total. The Morgan fingerprint density at radius 3 is 2.78 bits per heavy atom. The van der Waals surface area contributed by atoms with E-state index in [9.17, 15) is 0 Å². The van der Waals surface area contributed by atoms with Gasteiger partial charge in [-0.2, -0.15) is 0 Å². The average Bonchev–Trinajstić information content (AvgIpc) is 2.12. The van der Waals surface area contributed by atoms with E-state index >= 15 is 0 Å². The van der Waals surface area contributed by atoms with Crippen LogP contribution in [-0.2, 0) is 0 Å². The molecule has 0 aromatic heterocycles. The van der Waals surface area contributed by atoms with E-state index in [1.54, 1.807) is 0 Å². The summed E-state index contributed by atoms with van der Waals surface area (Å²) < 4.78 is 0. The van der Waals surface area contributed by atoms with Crippen LogP contribution < -0.4 is 5.32 Å². The van der Waals surface area contributed by atoms with Gasteiger partial charge in [-0.3, -0.25) is 0 Å². The van der Waals surface area contributed by atoms with Crippen LogP contribution in [0.5, 0.6) is 0 Å². The van der Waals surface area contributed by atoms with Crippen molar-refractivity contribution in [2.24, 2.45) is 5.92 Å². The molecule has 0 aromatic carbocycles. The van der Waals surface area contributed by atoms with Crippen LogP contribution in [0.1, 0.15) is 25.7 Å². The molecule has 1 heterocycles. The molecule has 2 fully saturated rings. The summed E-state index contributed by atoms with van der Waals surface area (Å²) in [5, 5.41) is 3.52. The lowest BCUT2D eigenvalue weighted by atomic mass is 9.91. The van der Waals surface area contributed by atoms with Crippen molar-refractivity contribution in [2.75, 3.05) is 6.54 Å². The maximum atomic E-state index is 3.52. The Hall–Kier alpha value is 0.250. The molecule has 2 atom stereocenters. The van der Waals surface area contributed by atoms with Crippen LogP contribution in [0, 0.1) is 5.92 Å². The molecule has 2 unspecified atom stereocenters. The van der Waals surface area contributed by atoms with Crippen molar-refractivity contribution >= 4 is 12.4 Å². The quantitative estimate of drug-likeness (QED) is 0.549. The monoisotopic (exact) mass is 147 g/mol. The van der Waals surface area contributed by atoms with Gasteiger partial charge in [-0.15, -0.1) is 12.4 Å². The van der Waals surface area contributed by atoms with Gasteiger partial charge in [-0.05, 0) is 31.7 Å². The van der Waals surface area contributed by atoms with Gasteiger partial charge in [0.2, 0.25) is 0 Å². The highest BCUT2D eigenvalue weighted by Crippen LogP contribution is 2.28. The Morgan fingerprint density at radius 1 is 1.22 bits per heavy atom. The zero-order valence-corrected chi connectivity index (χ0v) is 6.41. The van der Waals surface area contributed by atoms with E-state index in [2.05, 4.69) is 5.32 Å². The first-order chi connectivity index (χ1) is 3.95. The van der Waals surface area contributed by atoms with Gasteiger partial charge in [-0.1, -0.05) is 6.42 Å². The minimum absolute atomic E-state index is 0. The van der Waals surface area contributed by atoms with Gasteiger partial charge in [0.25, 0.3) is 0 Å². The SMILES string of the molecule is C1CC2CNC(C1)C2.Cl.